The van der Waals surface area contributed by atoms with Crippen molar-refractivity contribution in [2.24, 2.45) is 0 Å². The molecular formula is C10H18N2O4. The largest absolute Gasteiger partial charge is 0.481 e. The Kier molecular flexibility index (Phi) is 7.83. The fourth-order valence-corrected chi connectivity index (χ4v) is 1.02. The number of carboxylic acid groups (broad SMARTS) is 1. The summed E-state index contributed by atoms with van der Waals surface area (Å²) in [7, 11) is 0. The molecule has 3 N–H and O–H groups in total. The van der Waals surface area contributed by atoms with Crippen molar-refractivity contribution in [1.29, 1.82) is 0 Å². The van der Waals surface area contributed by atoms with Gasteiger partial charge in [-0.3, -0.25) is 25.2 Å². The predicted molar refractivity (Wildman–Crippen MR) is 57.3 cm³/mol. The molecule has 0 unspecified atom stereocenters. The molecule has 6 heteroatoms. The third kappa shape index (κ3) is 8.98. The van der Waals surface area contributed by atoms with Gasteiger partial charge in [0.2, 0.25) is 11.8 Å². The number of rotatable bonds is 7. The molecule has 0 bridgehead atoms. The summed E-state index contributed by atoms with van der Waals surface area (Å²) in [6.45, 7) is 2.03. The smallest absolute Gasteiger partial charge is 0.303 e. The van der Waals surface area contributed by atoms with E-state index in [1.165, 1.54) is 0 Å². The average molecular weight is 230 g/mol. The van der Waals surface area contributed by atoms with Crippen LogP contribution in [0.2, 0.25) is 0 Å². The van der Waals surface area contributed by atoms with E-state index in [4.69, 9.17) is 5.11 Å². The van der Waals surface area contributed by atoms with Crippen molar-refractivity contribution in [2.45, 2.75) is 45.4 Å². The van der Waals surface area contributed by atoms with Crippen molar-refractivity contribution in [3.05, 3.63) is 0 Å². The Balaban J connectivity index is 3.51. The zero-order valence-corrected chi connectivity index (χ0v) is 9.41. The van der Waals surface area contributed by atoms with E-state index in [0.717, 1.165) is 19.3 Å². The zero-order valence-electron chi connectivity index (χ0n) is 9.41. The Hall–Kier alpha value is -1.59. The number of carbonyl (C=O) groups is 3. The number of unbranched alkanes of at least 4 members (excludes halogenated alkanes) is 2. The molecule has 0 atom stereocenters. The van der Waals surface area contributed by atoms with Gasteiger partial charge in [-0.1, -0.05) is 19.8 Å². The topological polar surface area (TPSA) is 95.5 Å². The van der Waals surface area contributed by atoms with Crippen LogP contribution in [0.5, 0.6) is 0 Å². The van der Waals surface area contributed by atoms with Crippen molar-refractivity contribution in [3.8, 4) is 0 Å². The van der Waals surface area contributed by atoms with Crippen molar-refractivity contribution in [2.75, 3.05) is 0 Å². The average Bonchev–Trinajstić information content (AvgIpc) is 2.24. The third-order valence-electron chi connectivity index (χ3n) is 1.91. The fraction of sp³-hybridized carbons (Fsp3) is 0.700. The normalized spacial score (nSPS) is 9.56. The minimum Gasteiger partial charge on any atom is -0.481 e. The standard InChI is InChI=1S/C10H18N2O4/c1-2-3-4-5-8(13)11-12-9(14)6-7-10(15)16/h2-7H2,1H3,(H,11,13)(H,12,14)(H,15,16). The summed E-state index contributed by atoms with van der Waals surface area (Å²) in [4.78, 5) is 32.3. The van der Waals surface area contributed by atoms with Gasteiger partial charge in [0.15, 0.2) is 0 Å². The van der Waals surface area contributed by atoms with Crippen LogP contribution in [0.3, 0.4) is 0 Å². The van der Waals surface area contributed by atoms with E-state index in [9.17, 15) is 14.4 Å². The molecule has 0 aromatic rings. The highest BCUT2D eigenvalue weighted by Gasteiger charge is 2.06. The number of hydrogen-bond acceptors (Lipinski definition) is 3. The van der Waals surface area contributed by atoms with Gasteiger partial charge in [0.1, 0.15) is 0 Å². The first kappa shape index (κ1) is 14.4. The Labute approximate surface area is 94.4 Å². The Morgan fingerprint density at radius 3 is 2.00 bits per heavy atom. The van der Waals surface area contributed by atoms with Crippen molar-refractivity contribution >= 4 is 17.8 Å². The Bertz CT molecular complexity index is 253. The van der Waals surface area contributed by atoms with Crippen LogP contribution in [0, 0.1) is 0 Å². The van der Waals surface area contributed by atoms with E-state index in [0.29, 0.717) is 6.42 Å². The van der Waals surface area contributed by atoms with E-state index in [1.54, 1.807) is 0 Å². The SMILES string of the molecule is CCCCCC(=O)NNC(=O)CCC(=O)O. The summed E-state index contributed by atoms with van der Waals surface area (Å²) in [6.07, 6.45) is 2.78. The van der Waals surface area contributed by atoms with Crippen LogP contribution in [0.4, 0.5) is 0 Å². The minimum atomic E-state index is -1.04. The summed E-state index contributed by atoms with van der Waals surface area (Å²) in [6, 6.07) is 0. The molecule has 0 aliphatic rings. The lowest BCUT2D eigenvalue weighted by atomic mass is 10.2. The second-order valence-electron chi connectivity index (χ2n) is 3.45. The van der Waals surface area contributed by atoms with Gasteiger partial charge in [0.05, 0.1) is 6.42 Å². The quantitative estimate of drug-likeness (QED) is 0.440. The molecule has 0 aliphatic carbocycles. The van der Waals surface area contributed by atoms with Crippen LogP contribution in [0.15, 0.2) is 0 Å². The second kappa shape index (κ2) is 8.70. The lowest BCUT2D eigenvalue weighted by molar-refractivity contribution is -0.139. The molecule has 0 fully saturated rings. The molecule has 0 spiro atoms. The summed E-state index contributed by atoms with van der Waals surface area (Å²) < 4.78 is 0. The van der Waals surface area contributed by atoms with Gasteiger partial charge in [-0.15, -0.1) is 0 Å². The Morgan fingerprint density at radius 2 is 1.50 bits per heavy atom. The maximum Gasteiger partial charge on any atom is 0.303 e. The zero-order chi connectivity index (χ0) is 12.4. The van der Waals surface area contributed by atoms with Crippen molar-refractivity contribution < 1.29 is 19.5 Å². The molecule has 2 amide bonds. The van der Waals surface area contributed by atoms with E-state index in [-0.39, 0.29) is 18.7 Å². The van der Waals surface area contributed by atoms with Crippen molar-refractivity contribution in [3.63, 3.8) is 0 Å². The van der Waals surface area contributed by atoms with Crippen LogP contribution in [-0.4, -0.2) is 22.9 Å². The molecule has 92 valence electrons. The van der Waals surface area contributed by atoms with Gasteiger partial charge in [0, 0.05) is 12.8 Å². The van der Waals surface area contributed by atoms with E-state index in [2.05, 4.69) is 10.9 Å². The number of carboxylic acids is 1. The molecule has 0 saturated carbocycles. The molecule has 0 saturated heterocycles. The summed E-state index contributed by atoms with van der Waals surface area (Å²) in [5.74, 6) is -1.78. The fourth-order valence-electron chi connectivity index (χ4n) is 1.02. The van der Waals surface area contributed by atoms with Crippen molar-refractivity contribution in [1.82, 2.24) is 10.9 Å². The number of aliphatic carboxylic acids is 1. The molecule has 6 nitrogen and oxygen atoms in total. The summed E-state index contributed by atoms with van der Waals surface area (Å²) >= 11 is 0. The molecular weight excluding hydrogens is 212 g/mol. The first-order valence-electron chi connectivity index (χ1n) is 5.35. The number of amides is 2. The van der Waals surface area contributed by atoms with Gasteiger partial charge in [0.25, 0.3) is 0 Å². The first-order chi connectivity index (χ1) is 7.56. The third-order valence-corrected chi connectivity index (χ3v) is 1.91. The molecule has 0 aromatic carbocycles. The van der Waals surface area contributed by atoms with Gasteiger partial charge >= 0.3 is 5.97 Å². The van der Waals surface area contributed by atoms with Crippen LogP contribution in [0.1, 0.15) is 45.4 Å². The molecule has 0 rings (SSSR count). The highest BCUT2D eigenvalue weighted by atomic mass is 16.4. The predicted octanol–water partition coefficient (Wildman–Crippen LogP) is 0.579. The molecule has 0 aromatic heterocycles. The highest BCUT2D eigenvalue weighted by Crippen LogP contribution is 1.97. The maximum absolute atomic E-state index is 11.1. The lowest BCUT2D eigenvalue weighted by Gasteiger charge is -2.06. The first-order valence-corrected chi connectivity index (χ1v) is 5.35. The molecule has 0 radical (unpaired) electrons. The second-order valence-corrected chi connectivity index (χ2v) is 3.45. The molecule has 16 heavy (non-hydrogen) atoms. The number of carbonyl (C=O) groups excluding carboxylic acids is 2. The maximum atomic E-state index is 11.1. The lowest BCUT2D eigenvalue weighted by Crippen LogP contribution is -2.41. The number of hydrazine groups is 1. The summed E-state index contributed by atoms with van der Waals surface area (Å²) in [5, 5.41) is 8.32. The van der Waals surface area contributed by atoms with Gasteiger partial charge < -0.3 is 5.11 Å². The monoisotopic (exact) mass is 230 g/mol. The number of hydrogen-bond donors (Lipinski definition) is 3. The minimum absolute atomic E-state index is 0.134. The van der Waals surface area contributed by atoms with Gasteiger partial charge in [-0.05, 0) is 6.42 Å². The molecule has 0 heterocycles. The van der Waals surface area contributed by atoms with E-state index < -0.39 is 11.9 Å². The van der Waals surface area contributed by atoms with Crippen LogP contribution in [0.25, 0.3) is 0 Å². The van der Waals surface area contributed by atoms with Crippen LogP contribution >= 0.6 is 0 Å². The molecule has 0 aliphatic heterocycles. The van der Waals surface area contributed by atoms with Gasteiger partial charge in [-0.2, -0.15) is 0 Å². The van der Waals surface area contributed by atoms with Crippen LogP contribution in [-0.2, 0) is 14.4 Å². The van der Waals surface area contributed by atoms with E-state index >= 15 is 0 Å². The van der Waals surface area contributed by atoms with Crippen LogP contribution < -0.4 is 10.9 Å². The van der Waals surface area contributed by atoms with Gasteiger partial charge in [-0.25, -0.2) is 0 Å². The Morgan fingerprint density at radius 1 is 0.938 bits per heavy atom. The number of nitrogens with one attached hydrogen (secondary N) is 2. The van der Waals surface area contributed by atoms with E-state index in [1.807, 2.05) is 6.92 Å². The summed E-state index contributed by atoms with van der Waals surface area (Å²) in [5.41, 5.74) is 4.40. The highest BCUT2D eigenvalue weighted by molar-refractivity contribution is 5.83.